The molecule has 0 bridgehead atoms. The Morgan fingerprint density at radius 2 is 2.00 bits per heavy atom. The number of hydrogen-bond acceptors (Lipinski definition) is 4. The summed E-state index contributed by atoms with van der Waals surface area (Å²) in [5.74, 6) is 0.768. The van der Waals surface area contributed by atoms with Crippen molar-refractivity contribution in [3.05, 3.63) is 66.3 Å². The van der Waals surface area contributed by atoms with Gasteiger partial charge in [0.15, 0.2) is 5.16 Å². The molecule has 6 heteroatoms. The van der Waals surface area contributed by atoms with Gasteiger partial charge in [0.1, 0.15) is 12.1 Å². The number of thioether (sulfide) groups is 1. The van der Waals surface area contributed by atoms with E-state index in [0.29, 0.717) is 17.2 Å². The van der Waals surface area contributed by atoms with E-state index in [9.17, 15) is 4.39 Å². The molecule has 4 rings (SSSR count). The van der Waals surface area contributed by atoms with Crippen molar-refractivity contribution in [3.63, 3.8) is 0 Å². The molecule has 0 saturated heterocycles. The van der Waals surface area contributed by atoms with Gasteiger partial charge in [-0.2, -0.15) is 0 Å². The number of halogens is 1. The SMILES string of the molecule is CCn1c(SCc2coc(-c3cccc(F)c3)n2)nc2ccccc21. The van der Waals surface area contributed by atoms with E-state index in [1.807, 2.05) is 18.2 Å². The van der Waals surface area contributed by atoms with Gasteiger partial charge in [-0.1, -0.05) is 30.0 Å². The molecule has 0 saturated carbocycles. The van der Waals surface area contributed by atoms with Crippen LogP contribution >= 0.6 is 11.8 Å². The van der Waals surface area contributed by atoms with Gasteiger partial charge in [-0.3, -0.25) is 0 Å². The van der Waals surface area contributed by atoms with E-state index >= 15 is 0 Å². The molecule has 2 aromatic heterocycles. The van der Waals surface area contributed by atoms with Crippen LogP contribution in [0.1, 0.15) is 12.6 Å². The summed E-state index contributed by atoms with van der Waals surface area (Å²) in [5.41, 5.74) is 3.57. The fourth-order valence-corrected chi connectivity index (χ4v) is 3.69. The van der Waals surface area contributed by atoms with Crippen LogP contribution in [0, 0.1) is 5.82 Å². The highest BCUT2D eigenvalue weighted by Crippen LogP contribution is 2.28. The van der Waals surface area contributed by atoms with Gasteiger partial charge < -0.3 is 8.98 Å². The molecule has 0 radical (unpaired) electrons. The molecule has 2 heterocycles. The van der Waals surface area contributed by atoms with E-state index in [-0.39, 0.29) is 5.82 Å². The molecule has 0 spiro atoms. The maximum Gasteiger partial charge on any atom is 0.226 e. The summed E-state index contributed by atoms with van der Waals surface area (Å²) in [6.07, 6.45) is 1.62. The molecule has 126 valence electrons. The molecule has 0 amide bonds. The average Bonchev–Trinajstić information content (AvgIpc) is 3.24. The van der Waals surface area contributed by atoms with Crippen LogP contribution in [0.2, 0.25) is 0 Å². The van der Waals surface area contributed by atoms with Crippen molar-refractivity contribution >= 4 is 22.8 Å². The van der Waals surface area contributed by atoms with Gasteiger partial charge in [-0.15, -0.1) is 0 Å². The molecular formula is C19H16FN3OS. The van der Waals surface area contributed by atoms with Crippen LogP contribution in [0.15, 0.2) is 64.4 Å². The Morgan fingerprint density at radius 1 is 1.12 bits per heavy atom. The first kappa shape index (κ1) is 15.9. The van der Waals surface area contributed by atoms with Gasteiger partial charge >= 0.3 is 0 Å². The number of fused-ring (bicyclic) bond motifs is 1. The van der Waals surface area contributed by atoms with Crippen LogP contribution in [0.3, 0.4) is 0 Å². The van der Waals surface area contributed by atoms with Gasteiger partial charge in [-0.05, 0) is 37.3 Å². The number of benzene rings is 2. The number of aryl methyl sites for hydroxylation is 1. The van der Waals surface area contributed by atoms with Crippen molar-refractivity contribution in [1.29, 1.82) is 0 Å². The highest BCUT2D eigenvalue weighted by molar-refractivity contribution is 7.98. The molecule has 0 unspecified atom stereocenters. The van der Waals surface area contributed by atoms with E-state index in [0.717, 1.165) is 28.4 Å². The molecular weight excluding hydrogens is 337 g/mol. The second-order valence-corrected chi connectivity index (χ2v) is 6.51. The Morgan fingerprint density at radius 3 is 2.84 bits per heavy atom. The molecule has 0 aliphatic carbocycles. The van der Waals surface area contributed by atoms with Crippen LogP contribution in [0.4, 0.5) is 4.39 Å². The highest BCUT2D eigenvalue weighted by Gasteiger charge is 2.12. The zero-order chi connectivity index (χ0) is 17.2. The van der Waals surface area contributed by atoms with Crippen molar-refractivity contribution < 1.29 is 8.81 Å². The van der Waals surface area contributed by atoms with E-state index in [2.05, 4.69) is 22.5 Å². The van der Waals surface area contributed by atoms with Gasteiger partial charge in [0, 0.05) is 17.9 Å². The second-order valence-electron chi connectivity index (χ2n) is 5.57. The number of rotatable bonds is 5. The molecule has 25 heavy (non-hydrogen) atoms. The molecule has 0 atom stereocenters. The Kier molecular flexibility index (Phi) is 4.28. The third-order valence-corrected chi connectivity index (χ3v) is 4.92. The summed E-state index contributed by atoms with van der Waals surface area (Å²) in [6, 6.07) is 14.4. The lowest BCUT2D eigenvalue weighted by Crippen LogP contribution is -1.96. The third-order valence-electron chi connectivity index (χ3n) is 3.91. The number of para-hydroxylation sites is 2. The Hall–Kier alpha value is -2.60. The lowest BCUT2D eigenvalue weighted by molar-refractivity contribution is 0.571. The predicted octanol–water partition coefficient (Wildman–Crippen LogP) is 5.14. The van der Waals surface area contributed by atoms with Gasteiger partial charge in [-0.25, -0.2) is 14.4 Å². The van der Waals surface area contributed by atoms with Crippen LogP contribution in [-0.4, -0.2) is 14.5 Å². The zero-order valence-corrected chi connectivity index (χ0v) is 14.5. The smallest absolute Gasteiger partial charge is 0.226 e. The number of aromatic nitrogens is 3. The summed E-state index contributed by atoms with van der Waals surface area (Å²) < 4.78 is 21.0. The summed E-state index contributed by atoms with van der Waals surface area (Å²) in [7, 11) is 0. The summed E-state index contributed by atoms with van der Waals surface area (Å²) >= 11 is 1.62. The Balaban J connectivity index is 1.54. The number of imidazole rings is 1. The van der Waals surface area contributed by atoms with Crippen LogP contribution in [-0.2, 0) is 12.3 Å². The van der Waals surface area contributed by atoms with Crippen molar-refractivity contribution in [1.82, 2.24) is 14.5 Å². The zero-order valence-electron chi connectivity index (χ0n) is 13.6. The fourth-order valence-electron chi connectivity index (χ4n) is 2.74. The molecule has 4 aromatic rings. The second kappa shape index (κ2) is 6.72. The minimum Gasteiger partial charge on any atom is -0.444 e. The van der Waals surface area contributed by atoms with Crippen molar-refractivity contribution in [2.45, 2.75) is 24.4 Å². The normalized spacial score (nSPS) is 11.3. The number of hydrogen-bond donors (Lipinski definition) is 0. The molecule has 2 aromatic carbocycles. The fraction of sp³-hybridized carbons (Fsp3) is 0.158. The Bertz CT molecular complexity index is 1020. The van der Waals surface area contributed by atoms with Crippen LogP contribution < -0.4 is 0 Å². The lowest BCUT2D eigenvalue weighted by Gasteiger charge is -2.04. The number of nitrogens with zero attached hydrogens (tertiary/aromatic N) is 3. The van der Waals surface area contributed by atoms with Crippen molar-refractivity contribution in [3.8, 4) is 11.5 Å². The largest absolute Gasteiger partial charge is 0.444 e. The summed E-state index contributed by atoms with van der Waals surface area (Å²) in [5, 5.41) is 0.957. The maximum atomic E-state index is 13.3. The van der Waals surface area contributed by atoms with Gasteiger partial charge in [0.05, 0.1) is 16.7 Å². The quantitative estimate of drug-likeness (QED) is 0.466. The average molecular weight is 353 g/mol. The first-order valence-electron chi connectivity index (χ1n) is 8.03. The highest BCUT2D eigenvalue weighted by atomic mass is 32.2. The maximum absolute atomic E-state index is 13.3. The predicted molar refractivity (Wildman–Crippen MR) is 96.9 cm³/mol. The molecule has 0 N–H and O–H groups in total. The van der Waals surface area contributed by atoms with E-state index in [4.69, 9.17) is 9.40 Å². The lowest BCUT2D eigenvalue weighted by atomic mass is 10.2. The van der Waals surface area contributed by atoms with Crippen molar-refractivity contribution in [2.75, 3.05) is 0 Å². The molecule has 0 aliphatic rings. The Labute approximate surface area is 148 Å². The van der Waals surface area contributed by atoms with Gasteiger partial charge in [0.2, 0.25) is 5.89 Å². The molecule has 0 aliphatic heterocycles. The summed E-state index contributed by atoms with van der Waals surface area (Å²) in [6.45, 7) is 2.96. The van der Waals surface area contributed by atoms with E-state index in [1.165, 1.54) is 12.1 Å². The topological polar surface area (TPSA) is 43.9 Å². The minimum absolute atomic E-state index is 0.303. The van der Waals surface area contributed by atoms with Crippen molar-refractivity contribution in [2.24, 2.45) is 0 Å². The number of oxazole rings is 1. The van der Waals surface area contributed by atoms with E-state index in [1.54, 1.807) is 30.2 Å². The monoisotopic (exact) mass is 353 g/mol. The molecule has 4 nitrogen and oxygen atoms in total. The third kappa shape index (κ3) is 3.17. The first-order chi connectivity index (χ1) is 12.2. The minimum atomic E-state index is -0.303. The molecule has 0 fully saturated rings. The van der Waals surface area contributed by atoms with Crippen LogP contribution in [0.5, 0.6) is 0 Å². The first-order valence-corrected chi connectivity index (χ1v) is 9.01. The van der Waals surface area contributed by atoms with E-state index < -0.39 is 0 Å². The van der Waals surface area contributed by atoms with Crippen LogP contribution in [0.25, 0.3) is 22.5 Å². The summed E-state index contributed by atoms with van der Waals surface area (Å²) in [4.78, 5) is 9.15. The standard InChI is InChI=1S/C19H16FN3OS/c1-2-23-17-9-4-3-8-16(17)22-19(23)25-12-15-11-24-18(21-15)13-6-5-7-14(20)10-13/h3-11H,2,12H2,1H3. The van der Waals surface area contributed by atoms with Gasteiger partial charge in [0.25, 0.3) is 0 Å².